The Bertz CT molecular complexity index is 420. The summed E-state index contributed by atoms with van der Waals surface area (Å²) in [6.45, 7) is 12.8. The molecule has 5 heteroatoms. The molecule has 1 aromatic rings. The zero-order valence-electron chi connectivity index (χ0n) is 15.4. The number of pyridine rings is 1. The molecule has 5 nitrogen and oxygen atoms in total. The second-order valence-electron chi connectivity index (χ2n) is 6.01. The zero-order chi connectivity index (χ0) is 17.1. The van der Waals surface area contributed by atoms with E-state index in [1.165, 1.54) is 19.4 Å². The first-order valence-corrected chi connectivity index (χ1v) is 8.96. The lowest BCUT2D eigenvalue weighted by atomic mass is 10.1. The number of aromatic nitrogens is 1. The highest BCUT2D eigenvalue weighted by Crippen LogP contribution is 2.13. The smallest absolute Gasteiger partial charge is 0.0834 e. The van der Waals surface area contributed by atoms with Crippen molar-refractivity contribution >= 4 is 0 Å². The highest BCUT2D eigenvalue weighted by molar-refractivity contribution is 5.19. The molecule has 0 radical (unpaired) electrons. The molecule has 1 atom stereocenters. The average molecular weight is 322 g/mol. The summed E-state index contributed by atoms with van der Waals surface area (Å²) >= 11 is 0. The van der Waals surface area contributed by atoms with Gasteiger partial charge in [-0.25, -0.2) is 0 Å². The Labute approximate surface area is 142 Å². The van der Waals surface area contributed by atoms with Crippen LogP contribution < -0.4 is 11.1 Å². The van der Waals surface area contributed by atoms with E-state index in [-0.39, 0.29) is 6.17 Å². The van der Waals surface area contributed by atoms with Gasteiger partial charge in [0.05, 0.1) is 11.9 Å². The van der Waals surface area contributed by atoms with Gasteiger partial charge in [0.1, 0.15) is 0 Å². The molecule has 23 heavy (non-hydrogen) atoms. The van der Waals surface area contributed by atoms with Crippen LogP contribution in [-0.4, -0.2) is 54.6 Å². The SMILES string of the molecule is CCN(CC)CCCCNCc1cc(C(N)N(C)CC)ccn1. The Kier molecular flexibility index (Phi) is 10.0. The van der Waals surface area contributed by atoms with Crippen LogP contribution >= 0.6 is 0 Å². The molecule has 1 heterocycles. The fraction of sp³-hybridized carbons (Fsp3) is 0.722. The normalized spacial score (nSPS) is 13.0. The van der Waals surface area contributed by atoms with E-state index in [0.717, 1.165) is 44.0 Å². The fourth-order valence-electron chi connectivity index (χ4n) is 2.57. The molecule has 3 N–H and O–H groups in total. The van der Waals surface area contributed by atoms with E-state index in [0.29, 0.717) is 0 Å². The third-order valence-corrected chi connectivity index (χ3v) is 4.43. The van der Waals surface area contributed by atoms with Crippen molar-refractivity contribution < 1.29 is 0 Å². The molecule has 0 aliphatic carbocycles. The van der Waals surface area contributed by atoms with Crippen LogP contribution in [0.3, 0.4) is 0 Å². The van der Waals surface area contributed by atoms with E-state index in [1.54, 1.807) is 0 Å². The number of nitrogens with zero attached hydrogens (tertiary/aromatic N) is 3. The molecule has 0 aliphatic heterocycles. The maximum Gasteiger partial charge on any atom is 0.0834 e. The van der Waals surface area contributed by atoms with E-state index in [2.05, 4.69) is 46.9 Å². The second-order valence-corrected chi connectivity index (χ2v) is 6.01. The van der Waals surface area contributed by atoms with Gasteiger partial charge in [-0.05, 0) is 70.3 Å². The van der Waals surface area contributed by atoms with Crippen LogP contribution in [0.5, 0.6) is 0 Å². The maximum atomic E-state index is 6.24. The number of rotatable bonds is 12. The van der Waals surface area contributed by atoms with E-state index in [9.17, 15) is 0 Å². The van der Waals surface area contributed by atoms with Gasteiger partial charge < -0.3 is 16.0 Å². The predicted octanol–water partition coefficient (Wildman–Crippen LogP) is 2.20. The summed E-state index contributed by atoms with van der Waals surface area (Å²) in [6, 6.07) is 4.12. The van der Waals surface area contributed by atoms with Crippen molar-refractivity contribution in [3.05, 3.63) is 29.6 Å². The standard InChI is InChI=1S/C18H35N5/c1-5-22(4)18(19)16-10-12-21-17(14-16)15-20-11-8-9-13-23(6-2)7-3/h10,12,14,18,20H,5-9,11,13,15,19H2,1-4H3. The van der Waals surface area contributed by atoms with Gasteiger partial charge in [0.15, 0.2) is 0 Å². The van der Waals surface area contributed by atoms with E-state index < -0.39 is 0 Å². The first-order chi connectivity index (χ1) is 11.1. The molecular weight excluding hydrogens is 286 g/mol. The monoisotopic (exact) mass is 321 g/mol. The van der Waals surface area contributed by atoms with Crippen LogP contribution in [0.15, 0.2) is 18.3 Å². The molecule has 0 saturated heterocycles. The predicted molar refractivity (Wildman–Crippen MR) is 98.2 cm³/mol. The highest BCUT2D eigenvalue weighted by Gasteiger charge is 2.10. The molecule has 1 unspecified atom stereocenters. The van der Waals surface area contributed by atoms with Crippen molar-refractivity contribution in [1.29, 1.82) is 0 Å². The number of nitrogens with one attached hydrogen (secondary N) is 1. The quantitative estimate of drug-likeness (QED) is 0.456. The average Bonchev–Trinajstić information content (AvgIpc) is 2.60. The molecule has 0 saturated carbocycles. The van der Waals surface area contributed by atoms with Crippen LogP contribution in [0.1, 0.15) is 51.0 Å². The maximum absolute atomic E-state index is 6.24. The van der Waals surface area contributed by atoms with Crippen LogP contribution in [0, 0.1) is 0 Å². The van der Waals surface area contributed by atoms with Gasteiger partial charge in [-0.15, -0.1) is 0 Å². The largest absolute Gasteiger partial charge is 0.312 e. The molecule has 0 aliphatic rings. The van der Waals surface area contributed by atoms with Crippen molar-refractivity contribution in [3.63, 3.8) is 0 Å². The van der Waals surface area contributed by atoms with Crippen LogP contribution in [0.2, 0.25) is 0 Å². The Morgan fingerprint density at radius 2 is 1.91 bits per heavy atom. The minimum absolute atomic E-state index is 0.0594. The van der Waals surface area contributed by atoms with Crippen molar-refractivity contribution in [2.45, 2.75) is 46.3 Å². The van der Waals surface area contributed by atoms with Crippen LogP contribution in [-0.2, 0) is 6.54 Å². The molecule has 0 aromatic carbocycles. The molecule has 1 rings (SSSR count). The van der Waals surface area contributed by atoms with Gasteiger partial charge in [0.2, 0.25) is 0 Å². The molecule has 0 fully saturated rings. The lowest BCUT2D eigenvalue weighted by Gasteiger charge is -2.23. The Balaban J connectivity index is 2.30. The third-order valence-electron chi connectivity index (χ3n) is 4.43. The minimum atomic E-state index is -0.0594. The second kappa shape index (κ2) is 11.5. The molecule has 132 valence electrons. The minimum Gasteiger partial charge on any atom is -0.312 e. The number of hydrogen-bond acceptors (Lipinski definition) is 5. The van der Waals surface area contributed by atoms with E-state index >= 15 is 0 Å². The molecule has 0 amide bonds. The Morgan fingerprint density at radius 3 is 2.57 bits per heavy atom. The lowest BCUT2D eigenvalue weighted by Crippen LogP contribution is -2.31. The Morgan fingerprint density at radius 1 is 1.17 bits per heavy atom. The van der Waals surface area contributed by atoms with Gasteiger partial charge in [-0.1, -0.05) is 20.8 Å². The van der Waals surface area contributed by atoms with Gasteiger partial charge in [-0.2, -0.15) is 0 Å². The third kappa shape index (κ3) is 7.40. The first kappa shape index (κ1) is 20.0. The summed E-state index contributed by atoms with van der Waals surface area (Å²) in [5.74, 6) is 0. The summed E-state index contributed by atoms with van der Waals surface area (Å²) in [6.07, 6.45) is 4.24. The van der Waals surface area contributed by atoms with Gasteiger partial charge in [-0.3, -0.25) is 9.88 Å². The summed E-state index contributed by atoms with van der Waals surface area (Å²) in [5, 5.41) is 3.49. The van der Waals surface area contributed by atoms with Crippen LogP contribution in [0.25, 0.3) is 0 Å². The van der Waals surface area contributed by atoms with Gasteiger partial charge >= 0.3 is 0 Å². The summed E-state index contributed by atoms with van der Waals surface area (Å²) in [4.78, 5) is 9.03. The molecule has 1 aromatic heterocycles. The van der Waals surface area contributed by atoms with E-state index in [1.807, 2.05) is 19.3 Å². The van der Waals surface area contributed by atoms with Crippen LogP contribution in [0.4, 0.5) is 0 Å². The summed E-state index contributed by atoms with van der Waals surface area (Å²) in [7, 11) is 2.04. The first-order valence-electron chi connectivity index (χ1n) is 8.96. The molecule has 0 spiro atoms. The molecule has 0 bridgehead atoms. The lowest BCUT2D eigenvalue weighted by molar-refractivity contribution is 0.263. The van der Waals surface area contributed by atoms with Crippen molar-refractivity contribution in [2.24, 2.45) is 5.73 Å². The van der Waals surface area contributed by atoms with E-state index in [4.69, 9.17) is 5.73 Å². The topological polar surface area (TPSA) is 57.4 Å². The van der Waals surface area contributed by atoms with Crippen molar-refractivity contribution in [1.82, 2.24) is 20.1 Å². The van der Waals surface area contributed by atoms with Crippen molar-refractivity contribution in [3.8, 4) is 0 Å². The number of nitrogens with two attached hydrogens (primary N) is 1. The summed E-state index contributed by atoms with van der Waals surface area (Å²) < 4.78 is 0. The van der Waals surface area contributed by atoms with Crippen molar-refractivity contribution in [2.75, 3.05) is 39.8 Å². The Hall–Kier alpha value is -1.01. The zero-order valence-corrected chi connectivity index (χ0v) is 15.4. The fourth-order valence-corrected chi connectivity index (χ4v) is 2.57. The summed E-state index contributed by atoms with van der Waals surface area (Å²) in [5.41, 5.74) is 8.43. The number of unbranched alkanes of at least 4 members (excludes halogenated alkanes) is 1. The van der Waals surface area contributed by atoms with Gasteiger partial charge in [0.25, 0.3) is 0 Å². The highest BCUT2D eigenvalue weighted by atomic mass is 15.2. The molecular formula is C18H35N5. The van der Waals surface area contributed by atoms with Gasteiger partial charge in [0, 0.05) is 12.7 Å². The number of hydrogen-bond donors (Lipinski definition) is 2.